The molecule has 14 heteroatoms. The summed E-state index contributed by atoms with van der Waals surface area (Å²) >= 11 is 0. The molecule has 4 amide bonds. The third-order valence-electron chi connectivity index (χ3n) is 10.7. The Morgan fingerprint density at radius 3 is 2.52 bits per heavy atom. The molecule has 0 spiro atoms. The van der Waals surface area contributed by atoms with Gasteiger partial charge in [-0.25, -0.2) is 9.59 Å². The first-order valence-corrected chi connectivity index (χ1v) is 19.6. The van der Waals surface area contributed by atoms with E-state index in [-0.39, 0.29) is 43.9 Å². The number of nitrogens with zero attached hydrogens (tertiary/aromatic N) is 2. The van der Waals surface area contributed by atoms with Gasteiger partial charge in [-0.3, -0.25) is 19.1 Å². The van der Waals surface area contributed by atoms with E-state index in [9.17, 15) is 28.6 Å². The minimum Gasteiger partial charge on any atom is -0.449 e. The zero-order valence-electron chi connectivity index (χ0n) is 30.6. The largest absolute Gasteiger partial charge is 0.449 e. The van der Waals surface area contributed by atoms with Crippen LogP contribution < -0.4 is 10.6 Å². The maximum absolute atomic E-state index is 14.4. The smallest absolute Gasteiger partial charge is 0.410 e. The van der Waals surface area contributed by atoms with Crippen molar-refractivity contribution in [3.8, 4) is 0 Å². The molecule has 3 heterocycles. The van der Waals surface area contributed by atoms with E-state index in [4.69, 9.17) is 14.0 Å². The van der Waals surface area contributed by atoms with Crippen molar-refractivity contribution < 1.29 is 42.6 Å². The number of carbonyl (C=O) groups is 4. The molecule has 1 saturated carbocycles. The van der Waals surface area contributed by atoms with Crippen molar-refractivity contribution in [1.29, 1.82) is 0 Å². The molecule has 1 aliphatic carbocycles. The molecule has 0 aromatic heterocycles. The number of fused-ring (bicyclic) bond motifs is 3. The highest BCUT2D eigenvalue weighted by Gasteiger charge is 2.67. The van der Waals surface area contributed by atoms with Gasteiger partial charge in [0.05, 0.1) is 19.8 Å². The molecule has 3 aliphatic heterocycles. The van der Waals surface area contributed by atoms with Crippen LogP contribution in [0.5, 0.6) is 0 Å². The molecule has 3 N–H and O–H groups in total. The zero-order chi connectivity index (χ0) is 36.6. The number of hydrogen-bond donors (Lipinski definition) is 3. The molecule has 6 atom stereocenters. The van der Waals surface area contributed by atoms with Crippen LogP contribution in [0.15, 0.2) is 18.2 Å². The first kappa shape index (κ1) is 38.1. The highest BCUT2D eigenvalue weighted by atomic mass is 31.2. The maximum Gasteiger partial charge on any atom is 0.410 e. The zero-order valence-corrected chi connectivity index (χ0v) is 31.5. The summed E-state index contributed by atoms with van der Waals surface area (Å²) in [6, 6.07) is 3.89. The summed E-state index contributed by atoms with van der Waals surface area (Å²) in [5.41, 5.74) is 2.29. The Morgan fingerprint density at radius 2 is 1.86 bits per heavy atom. The first-order chi connectivity index (χ1) is 23.4. The minimum atomic E-state index is -4.27. The number of carbonyl (C=O) groups excluding carboxylic acids is 4. The van der Waals surface area contributed by atoms with Crippen LogP contribution in [0.3, 0.4) is 0 Å². The number of amides is 4. The van der Waals surface area contributed by atoms with E-state index in [1.165, 1.54) is 10.5 Å². The van der Waals surface area contributed by atoms with E-state index in [1.54, 1.807) is 32.6 Å². The third-order valence-corrected chi connectivity index (χ3v) is 13.0. The van der Waals surface area contributed by atoms with E-state index in [0.29, 0.717) is 19.5 Å². The summed E-state index contributed by atoms with van der Waals surface area (Å²) in [5.74, 6) is -1.47. The maximum atomic E-state index is 14.4. The quantitative estimate of drug-likeness (QED) is 0.324. The molecule has 1 unspecified atom stereocenters. The number of hydrogen-bond acceptors (Lipinski definition) is 8. The molecule has 50 heavy (non-hydrogen) atoms. The molecule has 1 aromatic rings. The van der Waals surface area contributed by atoms with Crippen molar-refractivity contribution in [2.24, 2.45) is 16.7 Å². The molecule has 0 radical (unpaired) electrons. The average molecular weight is 719 g/mol. The Morgan fingerprint density at radius 1 is 1.14 bits per heavy atom. The second kappa shape index (κ2) is 14.5. The van der Waals surface area contributed by atoms with Gasteiger partial charge in [-0.1, -0.05) is 72.6 Å². The van der Waals surface area contributed by atoms with Crippen molar-refractivity contribution in [1.82, 2.24) is 20.4 Å². The monoisotopic (exact) mass is 718 g/mol. The lowest BCUT2D eigenvalue weighted by molar-refractivity contribution is -0.142. The Balaban J connectivity index is 1.45. The Kier molecular flexibility index (Phi) is 11.0. The molecule has 5 rings (SSSR count). The second-order valence-electron chi connectivity index (χ2n) is 16.2. The van der Waals surface area contributed by atoms with E-state index < -0.39 is 60.5 Å². The molecule has 278 valence electrons. The SMILES string of the molecule is CCOP(=O)(O)[C@@]1(NC(=O)[C@@H]2C[C@@H]3CN2C(=O)[C@H](C(C)(C)C)NC(=O)OCC(C)(C)CCCCc2cccc4c2CN(C4)C(=O)O3)C[C@@H]1CC. The van der Waals surface area contributed by atoms with Crippen molar-refractivity contribution in [3.05, 3.63) is 34.9 Å². The van der Waals surface area contributed by atoms with Crippen molar-refractivity contribution in [3.63, 3.8) is 0 Å². The number of alkyl carbamates (subject to hydrolysis) is 1. The topological polar surface area (TPSA) is 164 Å². The Hall–Kier alpha value is -3.15. The van der Waals surface area contributed by atoms with Crippen LogP contribution in [0.25, 0.3) is 0 Å². The van der Waals surface area contributed by atoms with E-state index >= 15 is 0 Å². The fourth-order valence-corrected chi connectivity index (χ4v) is 9.56. The number of ether oxygens (including phenoxy) is 2. The fraction of sp³-hybridized carbons (Fsp3) is 0.722. The van der Waals surface area contributed by atoms with E-state index in [1.807, 2.05) is 32.9 Å². The molecule has 2 fully saturated rings. The van der Waals surface area contributed by atoms with E-state index in [2.05, 4.69) is 16.7 Å². The van der Waals surface area contributed by atoms with Crippen LogP contribution in [0.2, 0.25) is 0 Å². The summed E-state index contributed by atoms with van der Waals surface area (Å²) < 4.78 is 30.3. The molecular formula is C36H55N4O9P. The van der Waals surface area contributed by atoms with Gasteiger partial charge < -0.3 is 34.4 Å². The van der Waals surface area contributed by atoms with Gasteiger partial charge in [0.2, 0.25) is 11.8 Å². The van der Waals surface area contributed by atoms with Crippen LogP contribution in [0.4, 0.5) is 9.59 Å². The molecule has 1 saturated heterocycles. The summed E-state index contributed by atoms with van der Waals surface area (Å²) in [6.45, 7) is 13.8. The molecule has 4 bridgehead atoms. The normalized spacial score (nSPS) is 30.1. The minimum absolute atomic E-state index is 0.0119. The van der Waals surface area contributed by atoms with Gasteiger partial charge in [0.15, 0.2) is 0 Å². The molecule has 13 nitrogen and oxygen atoms in total. The lowest BCUT2D eigenvalue weighted by atomic mass is 9.85. The second-order valence-corrected chi connectivity index (χ2v) is 18.3. The third kappa shape index (κ3) is 8.00. The summed E-state index contributed by atoms with van der Waals surface area (Å²) in [6.07, 6.45) is 2.20. The van der Waals surface area contributed by atoms with E-state index in [0.717, 1.165) is 36.8 Å². The first-order valence-electron chi connectivity index (χ1n) is 18.0. The van der Waals surface area contributed by atoms with Crippen LogP contribution in [0, 0.1) is 16.7 Å². The average Bonchev–Trinajstić information content (AvgIpc) is 3.35. The lowest BCUT2D eigenvalue weighted by Gasteiger charge is -2.36. The van der Waals surface area contributed by atoms with Gasteiger partial charge in [-0.2, -0.15) is 0 Å². The number of benzene rings is 1. The Bertz CT molecular complexity index is 1530. The van der Waals surface area contributed by atoms with Gasteiger partial charge in [0.1, 0.15) is 23.5 Å². The van der Waals surface area contributed by atoms with Gasteiger partial charge in [-0.05, 0) is 66.0 Å². The van der Waals surface area contributed by atoms with Gasteiger partial charge in [0, 0.05) is 19.5 Å². The summed E-state index contributed by atoms with van der Waals surface area (Å²) in [4.78, 5) is 69.2. The van der Waals surface area contributed by atoms with Crippen molar-refractivity contribution in [2.45, 2.75) is 130 Å². The summed E-state index contributed by atoms with van der Waals surface area (Å²) in [5, 5.41) is 4.09. The van der Waals surface area contributed by atoms with Crippen LogP contribution >= 0.6 is 7.60 Å². The number of aryl methyl sites for hydroxylation is 1. The van der Waals surface area contributed by atoms with Gasteiger partial charge in [0.25, 0.3) is 0 Å². The highest BCUT2D eigenvalue weighted by molar-refractivity contribution is 7.55. The predicted octanol–water partition coefficient (Wildman–Crippen LogP) is 5.47. The van der Waals surface area contributed by atoms with Crippen LogP contribution in [-0.4, -0.2) is 81.9 Å². The highest BCUT2D eigenvalue weighted by Crippen LogP contribution is 2.70. The van der Waals surface area contributed by atoms with Gasteiger partial charge >= 0.3 is 19.8 Å². The predicted molar refractivity (Wildman–Crippen MR) is 186 cm³/mol. The van der Waals surface area contributed by atoms with Crippen LogP contribution in [0.1, 0.15) is 104 Å². The standard InChI is InChI=1S/C36H55N4O9P/c1-8-25-18-36(25,50(45,46)48-9-2)38-30(41)28-17-26-20-40(28)31(42)29(34(3,4)5)37-32(43)47-22-35(6,7)16-11-10-13-23-14-12-15-24-19-39(21-27(23)24)33(44)49-26/h12,14-15,25-26,28-29H,8-11,13,16-22H2,1-7H3,(H,37,43)(H,38,41)(H,45,46)/t25-,26+,28-,29+,36-/m0/s1. The number of cyclic esters (lactones) is 1. The lowest BCUT2D eigenvalue weighted by Crippen LogP contribution is -2.58. The molecule has 4 aliphatic rings. The number of nitrogens with one attached hydrogen (secondary N) is 2. The fourth-order valence-electron chi connectivity index (χ4n) is 7.63. The number of rotatable bonds is 6. The van der Waals surface area contributed by atoms with Gasteiger partial charge in [-0.15, -0.1) is 0 Å². The van der Waals surface area contributed by atoms with Crippen molar-refractivity contribution in [2.75, 3.05) is 19.8 Å². The Labute approximate surface area is 295 Å². The van der Waals surface area contributed by atoms with Crippen molar-refractivity contribution >= 4 is 31.6 Å². The van der Waals surface area contributed by atoms with Crippen LogP contribution in [-0.2, 0) is 47.7 Å². The molecule has 1 aromatic carbocycles. The summed E-state index contributed by atoms with van der Waals surface area (Å²) in [7, 11) is -4.27. The molecular weight excluding hydrogens is 663 g/mol.